The van der Waals surface area contributed by atoms with Gasteiger partial charge in [-0.2, -0.15) is 17.7 Å². The summed E-state index contributed by atoms with van der Waals surface area (Å²) in [5.41, 5.74) is 1.03. The quantitative estimate of drug-likeness (QED) is 0.266. The molecule has 2 saturated heterocycles. The lowest BCUT2D eigenvalue weighted by atomic mass is 9.91. The third-order valence-electron chi connectivity index (χ3n) is 11.9. The molecular weight excluding hydrogens is 837 g/mol. The molecule has 0 spiro atoms. The van der Waals surface area contributed by atoms with Crippen LogP contribution in [0.4, 0.5) is 9.93 Å². The van der Waals surface area contributed by atoms with E-state index in [0.29, 0.717) is 44.0 Å². The number of amides is 3. The predicted octanol–water partition coefficient (Wildman–Crippen LogP) is 5.23. The highest BCUT2D eigenvalue weighted by Gasteiger charge is 2.61. The van der Waals surface area contributed by atoms with Gasteiger partial charge < -0.3 is 29.3 Å². The van der Waals surface area contributed by atoms with Crippen LogP contribution in [0.1, 0.15) is 92.0 Å². The number of ketones is 1. The molecule has 5 heterocycles. The van der Waals surface area contributed by atoms with Crippen LogP contribution in [0.3, 0.4) is 0 Å². The van der Waals surface area contributed by atoms with Gasteiger partial charge in [0.25, 0.3) is 6.01 Å². The Kier molecular flexibility index (Phi) is 13.4. The number of anilines is 1. The summed E-state index contributed by atoms with van der Waals surface area (Å²) in [4.78, 5) is 70.2. The van der Waals surface area contributed by atoms with Gasteiger partial charge >= 0.3 is 16.3 Å². The summed E-state index contributed by atoms with van der Waals surface area (Å²) in [6.07, 6.45) is 5.70. The fourth-order valence-corrected chi connectivity index (χ4v) is 10.1. The standard InChI is InChI=1S/C43H60N8O9S2/c1-27(2)51-33-17-13-15-30(32-26-61-40(44-32)49-18-20-58-21-19-49)36(33)46-39(51)59-29-22-34-35(52)24-43(38(54)47-62(56,57)48(6)7)23-28(43)14-11-9-8-10-12-16-31(37(53)50(34)25-29)45-41(55)60-42(3,4)5/h11,13-15,17,26-29,31,34H,8-10,12,16,18-25H2,1-7H3,(H,45,55)(H,47,54)/b14-11-/t28-,29+,31-,34-,43+/m0/s1. The lowest BCUT2D eigenvalue weighted by Crippen LogP contribution is -2.53. The van der Waals surface area contributed by atoms with Gasteiger partial charge in [0.05, 0.1) is 42.4 Å². The molecule has 3 fully saturated rings. The van der Waals surface area contributed by atoms with Crippen molar-refractivity contribution in [2.45, 2.75) is 116 Å². The molecule has 4 aliphatic rings. The number of fused-ring (bicyclic) bond motifs is 3. The van der Waals surface area contributed by atoms with E-state index in [2.05, 4.69) is 14.9 Å². The molecule has 19 heteroatoms. The Hall–Kier alpha value is -4.59. The summed E-state index contributed by atoms with van der Waals surface area (Å²) in [5.74, 6) is -1.99. The zero-order chi connectivity index (χ0) is 44.6. The summed E-state index contributed by atoms with van der Waals surface area (Å²) < 4.78 is 48.6. The number of rotatable bonds is 9. The number of hydrogen-bond acceptors (Lipinski definition) is 13. The second kappa shape index (κ2) is 18.3. The minimum atomic E-state index is -4.15. The summed E-state index contributed by atoms with van der Waals surface area (Å²) in [5, 5.41) is 5.73. The second-order valence-electron chi connectivity index (χ2n) is 18.2. The fraction of sp³-hybridized carbons (Fsp3) is 0.628. The average Bonchev–Trinajstić information content (AvgIpc) is 3.56. The molecule has 2 aromatic heterocycles. The molecule has 3 aliphatic heterocycles. The molecule has 17 nitrogen and oxygen atoms in total. The van der Waals surface area contributed by atoms with E-state index < -0.39 is 63.1 Å². The van der Waals surface area contributed by atoms with E-state index in [-0.39, 0.29) is 37.8 Å². The van der Waals surface area contributed by atoms with Crippen LogP contribution in [0.25, 0.3) is 22.3 Å². The van der Waals surface area contributed by atoms with Gasteiger partial charge in [0, 0.05) is 57.0 Å². The van der Waals surface area contributed by atoms with Gasteiger partial charge in [0.2, 0.25) is 11.8 Å². The number of alkyl carbamates (subject to hydrolysis) is 1. The molecule has 0 unspecified atom stereocenters. The number of imidazole rings is 1. The number of ether oxygens (including phenoxy) is 3. The number of para-hydroxylation sites is 1. The lowest BCUT2D eigenvalue weighted by Gasteiger charge is -2.30. The molecule has 1 aromatic carbocycles. The number of thiazole rings is 1. The lowest BCUT2D eigenvalue weighted by molar-refractivity contribution is -0.140. The van der Waals surface area contributed by atoms with Crippen molar-refractivity contribution in [2.75, 3.05) is 51.8 Å². The molecule has 7 rings (SSSR count). The van der Waals surface area contributed by atoms with Crippen molar-refractivity contribution < 1.29 is 41.8 Å². The Bertz CT molecular complexity index is 2300. The van der Waals surface area contributed by atoms with Crippen molar-refractivity contribution in [3.8, 4) is 17.3 Å². The summed E-state index contributed by atoms with van der Waals surface area (Å²) in [6.45, 7) is 12.1. The Balaban J connectivity index is 1.22. The summed E-state index contributed by atoms with van der Waals surface area (Å²) >= 11 is 1.57. The Labute approximate surface area is 367 Å². The number of hydrogen-bond donors (Lipinski definition) is 2. The number of allylic oxidation sites excluding steroid dienone is 2. The van der Waals surface area contributed by atoms with E-state index in [1.807, 2.05) is 54.1 Å². The van der Waals surface area contributed by atoms with Crippen molar-refractivity contribution in [3.63, 3.8) is 0 Å². The number of Topliss-reactive ketones (excluding diaryl/α,β-unsaturated/α-hetero) is 1. The number of benzene rings is 1. The average molecular weight is 897 g/mol. The van der Waals surface area contributed by atoms with E-state index in [1.165, 1.54) is 19.0 Å². The van der Waals surface area contributed by atoms with E-state index >= 15 is 0 Å². The van der Waals surface area contributed by atoms with Crippen molar-refractivity contribution in [2.24, 2.45) is 11.3 Å². The molecule has 1 aliphatic carbocycles. The number of nitrogens with one attached hydrogen (secondary N) is 2. The largest absolute Gasteiger partial charge is 0.459 e. The maximum atomic E-state index is 14.7. The zero-order valence-corrected chi connectivity index (χ0v) is 38.4. The molecule has 3 amide bonds. The number of carbonyl (C=O) groups is 4. The summed E-state index contributed by atoms with van der Waals surface area (Å²) in [6, 6.07) is 4.13. The number of aromatic nitrogens is 3. The zero-order valence-electron chi connectivity index (χ0n) is 36.7. The first kappa shape index (κ1) is 45.4. The fourth-order valence-electron chi connectivity index (χ4n) is 8.58. The van der Waals surface area contributed by atoms with E-state index in [1.54, 1.807) is 32.1 Å². The van der Waals surface area contributed by atoms with Gasteiger partial charge in [-0.05, 0) is 72.3 Å². The van der Waals surface area contributed by atoms with Gasteiger partial charge in [-0.1, -0.05) is 37.1 Å². The highest BCUT2D eigenvalue weighted by atomic mass is 32.2. The van der Waals surface area contributed by atoms with Crippen LogP contribution < -0.4 is 19.7 Å². The maximum absolute atomic E-state index is 14.7. The highest BCUT2D eigenvalue weighted by Crippen LogP contribution is 2.57. The van der Waals surface area contributed by atoms with E-state index in [0.717, 1.165) is 52.1 Å². The number of nitrogens with zero attached hydrogens (tertiary/aromatic N) is 6. The first-order chi connectivity index (χ1) is 29.4. The monoisotopic (exact) mass is 896 g/mol. The molecule has 2 N–H and O–H groups in total. The van der Waals surface area contributed by atoms with Crippen LogP contribution in [0.2, 0.25) is 0 Å². The van der Waals surface area contributed by atoms with E-state index in [4.69, 9.17) is 24.2 Å². The van der Waals surface area contributed by atoms with Crippen LogP contribution in [-0.4, -0.2) is 127 Å². The SMILES string of the molecule is CC(C)n1c(O[C@@H]2C[C@H]3C(=O)C[C@]4(C(=O)NS(=O)(=O)N(C)C)C[C@@H]4/C=C\CCCCC[C@H](NC(=O)OC(C)(C)C)C(=O)N3C2)nc2c(-c3csc(N4CCOCC4)n3)cccc21. The highest BCUT2D eigenvalue weighted by molar-refractivity contribution is 7.87. The molecule has 338 valence electrons. The van der Waals surface area contributed by atoms with Crippen LogP contribution in [0.5, 0.6) is 6.01 Å². The third kappa shape index (κ3) is 9.95. The molecule has 0 bridgehead atoms. The van der Waals surface area contributed by atoms with Crippen LogP contribution >= 0.6 is 11.3 Å². The molecule has 3 aromatic rings. The van der Waals surface area contributed by atoms with Gasteiger partial charge in [0.1, 0.15) is 23.3 Å². The van der Waals surface area contributed by atoms with Gasteiger partial charge in [-0.15, -0.1) is 11.3 Å². The molecule has 5 atom stereocenters. The van der Waals surface area contributed by atoms with Gasteiger partial charge in [-0.25, -0.2) is 14.5 Å². The molecule has 1 saturated carbocycles. The summed E-state index contributed by atoms with van der Waals surface area (Å²) in [7, 11) is -1.51. The van der Waals surface area contributed by atoms with Crippen LogP contribution in [-0.2, 0) is 34.1 Å². The van der Waals surface area contributed by atoms with Crippen molar-refractivity contribution in [3.05, 3.63) is 35.7 Å². The van der Waals surface area contributed by atoms with Crippen molar-refractivity contribution in [1.29, 1.82) is 0 Å². The van der Waals surface area contributed by atoms with Crippen molar-refractivity contribution in [1.82, 2.24) is 33.8 Å². The van der Waals surface area contributed by atoms with Gasteiger partial charge in [-0.3, -0.25) is 19.0 Å². The normalized spacial score (nSPS) is 25.8. The Morgan fingerprint density at radius 1 is 1.08 bits per heavy atom. The second-order valence-corrected chi connectivity index (χ2v) is 20.9. The number of morpholine rings is 1. The molecule has 62 heavy (non-hydrogen) atoms. The minimum absolute atomic E-state index is 0.00241. The topological polar surface area (TPSA) is 195 Å². The third-order valence-corrected chi connectivity index (χ3v) is 14.2. The number of carbonyl (C=O) groups excluding carboxylic acids is 4. The molecule has 0 radical (unpaired) electrons. The maximum Gasteiger partial charge on any atom is 0.408 e. The first-order valence-corrected chi connectivity index (χ1v) is 23.9. The van der Waals surface area contributed by atoms with Crippen LogP contribution in [0.15, 0.2) is 35.7 Å². The minimum Gasteiger partial charge on any atom is -0.459 e. The first-order valence-electron chi connectivity index (χ1n) is 21.6. The van der Waals surface area contributed by atoms with Crippen LogP contribution in [0, 0.1) is 11.3 Å². The van der Waals surface area contributed by atoms with E-state index in [9.17, 15) is 27.6 Å². The van der Waals surface area contributed by atoms with Crippen molar-refractivity contribution >= 4 is 61.4 Å². The van der Waals surface area contributed by atoms with Gasteiger partial charge in [0.15, 0.2) is 10.9 Å². The smallest absolute Gasteiger partial charge is 0.408 e. The predicted molar refractivity (Wildman–Crippen MR) is 235 cm³/mol. The molecular formula is C43H60N8O9S2. The Morgan fingerprint density at radius 3 is 2.55 bits per heavy atom. The Morgan fingerprint density at radius 2 is 1.84 bits per heavy atom.